The fourth-order valence-electron chi connectivity index (χ4n) is 4.09. The first-order valence-corrected chi connectivity index (χ1v) is 10.7. The quantitative estimate of drug-likeness (QED) is 0.583. The first kappa shape index (κ1) is 20.4. The lowest BCUT2D eigenvalue weighted by molar-refractivity contribution is 0.0785. The average molecular weight is 403 g/mol. The van der Waals surface area contributed by atoms with Crippen LogP contribution in [0.3, 0.4) is 0 Å². The minimum atomic E-state index is 0.0285. The van der Waals surface area contributed by atoms with Crippen LogP contribution in [0.15, 0.2) is 66.7 Å². The molecule has 1 unspecified atom stereocenters. The van der Waals surface area contributed by atoms with Crippen molar-refractivity contribution in [2.24, 2.45) is 0 Å². The normalized spacial score (nSPS) is 16.9. The van der Waals surface area contributed by atoms with Gasteiger partial charge in [-0.3, -0.25) is 9.69 Å². The lowest BCUT2D eigenvalue weighted by atomic mass is 10.1. The molecule has 0 radical (unpaired) electrons. The molecule has 0 aliphatic carbocycles. The summed E-state index contributed by atoms with van der Waals surface area (Å²) >= 11 is 0. The van der Waals surface area contributed by atoms with Crippen LogP contribution in [0, 0.1) is 0 Å². The Morgan fingerprint density at radius 2 is 1.80 bits per heavy atom. The van der Waals surface area contributed by atoms with Gasteiger partial charge >= 0.3 is 0 Å². The number of hydrogen-bond acceptors (Lipinski definition) is 3. The van der Waals surface area contributed by atoms with Crippen molar-refractivity contribution < 1.29 is 9.53 Å². The molecule has 1 heterocycles. The van der Waals surface area contributed by atoms with E-state index in [1.807, 2.05) is 67.7 Å². The molecule has 156 valence electrons. The molecule has 1 aliphatic heterocycles. The Morgan fingerprint density at radius 3 is 2.53 bits per heavy atom. The molecule has 0 aromatic heterocycles. The van der Waals surface area contributed by atoms with Gasteiger partial charge in [0, 0.05) is 38.3 Å². The first-order chi connectivity index (χ1) is 14.5. The predicted octanol–water partition coefficient (Wildman–Crippen LogP) is 4.97. The summed E-state index contributed by atoms with van der Waals surface area (Å²) in [6, 6.07) is 22.7. The van der Waals surface area contributed by atoms with Gasteiger partial charge in [-0.15, -0.1) is 0 Å². The van der Waals surface area contributed by atoms with E-state index in [1.54, 1.807) is 4.90 Å². The Balaban J connectivity index is 1.44. The molecule has 1 atom stereocenters. The van der Waals surface area contributed by atoms with Gasteiger partial charge in [-0.05, 0) is 60.9 Å². The lowest BCUT2D eigenvalue weighted by Gasteiger charge is -2.20. The second-order valence-corrected chi connectivity index (χ2v) is 8.49. The van der Waals surface area contributed by atoms with Gasteiger partial charge in [-0.1, -0.05) is 42.5 Å². The smallest absolute Gasteiger partial charge is 0.253 e. The maximum Gasteiger partial charge on any atom is 0.253 e. The highest BCUT2D eigenvalue weighted by Gasteiger charge is 2.25. The molecule has 3 aromatic carbocycles. The van der Waals surface area contributed by atoms with Crippen LogP contribution in [-0.4, -0.2) is 48.0 Å². The number of rotatable bonds is 6. The third-order valence-electron chi connectivity index (χ3n) is 5.88. The summed E-state index contributed by atoms with van der Waals surface area (Å²) in [5, 5.41) is 2.14. The fourth-order valence-corrected chi connectivity index (χ4v) is 4.09. The highest BCUT2D eigenvalue weighted by Crippen LogP contribution is 2.25. The van der Waals surface area contributed by atoms with Crippen molar-refractivity contribution in [1.82, 2.24) is 9.80 Å². The van der Waals surface area contributed by atoms with Gasteiger partial charge < -0.3 is 9.64 Å². The Kier molecular flexibility index (Phi) is 6.05. The van der Waals surface area contributed by atoms with Gasteiger partial charge in [0.1, 0.15) is 11.9 Å². The molecular formula is C26H30N2O2. The van der Waals surface area contributed by atoms with Crippen molar-refractivity contribution in [3.63, 3.8) is 0 Å². The van der Waals surface area contributed by atoms with Crippen molar-refractivity contribution in [3.8, 4) is 5.75 Å². The molecule has 1 amide bonds. The van der Waals surface area contributed by atoms with Gasteiger partial charge in [-0.2, -0.15) is 0 Å². The molecule has 4 heteroatoms. The van der Waals surface area contributed by atoms with Crippen molar-refractivity contribution in [2.45, 2.75) is 39.0 Å². The number of nitrogens with zero attached hydrogens (tertiary/aromatic N) is 2. The molecule has 3 aromatic rings. The monoisotopic (exact) mass is 402 g/mol. The largest absolute Gasteiger partial charge is 0.489 e. The van der Waals surface area contributed by atoms with Crippen LogP contribution in [0.2, 0.25) is 0 Å². The maximum absolute atomic E-state index is 12.9. The van der Waals surface area contributed by atoms with Crippen LogP contribution < -0.4 is 4.74 Å². The molecular weight excluding hydrogens is 372 g/mol. The zero-order valence-corrected chi connectivity index (χ0v) is 18.0. The Bertz CT molecular complexity index is 1020. The molecule has 4 rings (SSSR count). The van der Waals surface area contributed by atoms with Crippen molar-refractivity contribution in [3.05, 3.63) is 77.9 Å². The molecule has 0 spiro atoms. The SMILES string of the molecule is CC(C)N1CCC(Oc2ccc3cc(C(=O)N(C)Cc4ccccc4)ccc3c2)C1. The zero-order valence-electron chi connectivity index (χ0n) is 18.0. The average Bonchev–Trinajstić information content (AvgIpc) is 3.22. The fraction of sp³-hybridized carbons (Fsp3) is 0.346. The minimum absolute atomic E-state index is 0.0285. The number of benzene rings is 3. The number of hydrogen-bond donors (Lipinski definition) is 0. The molecule has 1 aliphatic rings. The highest BCUT2D eigenvalue weighted by molar-refractivity contribution is 5.98. The van der Waals surface area contributed by atoms with E-state index >= 15 is 0 Å². The van der Waals surface area contributed by atoms with E-state index in [1.165, 1.54) is 0 Å². The molecule has 1 saturated heterocycles. The van der Waals surface area contributed by atoms with E-state index in [4.69, 9.17) is 4.74 Å². The van der Waals surface area contributed by atoms with Gasteiger partial charge in [0.15, 0.2) is 0 Å². The number of ether oxygens (including phenoxy) is 1. The van der Waals surface area contributed by atoms with Crippen molar-refractivity contribution in [2.75, 3.05) is 20.1 Å². The summed E-state index contributed by atoms with van der Waals surface area (Å²) in [6.45, 7) is 7.14. The molecule has 4 nitrogen and oxygen atoms in total. The topological polar surface area (TPSA) is 32.8 Å². The summed E-state index contributed by atoms with van der Waals surface area (Å²) in [4.78, 5) is 17.1. The van der Waals surface area contributed by atoms with Crippen LogP contribution in [0.1, 0.15) is 36.2 Å². The highest BCUT2D eigenvalue weighted by atomic mass is 16.5. The van der Waals surface area contributed by atoms with Gasteiger partial charge in [0.2, 0.25) is 0 Å². The zero-order chi connectivity index (χ0) is 21.1. The number of fused-ring (bicyclic) bond motifs is 1. The van der Waals surface area contributed by atoms with E-state index in [2.05, 4.69) is 24.8 Å². The summed E-state index contributed by atoms with van der Waals surface area (Å²) in [5.41, 5.74) is 1.83. The summed E-state index contributed by atoms with van der Waals surface area (Å²) in [7, 11) is 1.85. The third kappa shape index (κ3) is 4.65. The second-order valence-electron chi connectivity index (χ2n) is 8.49. The number of likely N-dealkylation sites (tertiary alicyclic amines) is 1. The second kappa shape index (κ2) is 8.88. The molecule has 0 bridgehead atoms. The van der Waals surface area contributed by atoms with Crippen LogP contribution in [0.5, 0.6) is 5.75 Å². The first-order valence-electron chi connectivity index (χ1n) is 10.7. The van der Waals surface area contributed by atoms with Gasteiger partial charge in [0.25, 0.3) is 5.91 Å². The van der Waals surface area contributed by atoms with Gasteiger partial charge in [-0.25, -0.2) is 0 Å². The molecule has 30 heavy (non-hydrogen) atoms. The summed E-state index contributed by atoms with van der Waals surface area (Å²) in [5.74, 6) is 0.930. The Morgan fingerprint density at radius 1 is 1.07 bits per heavy atom. The maximum atomic E-state index is 12.9. The number of carbonyl (C=O) groups excluding carboxylic acids is 1. The standard InChI is InChI=1S/C26H30N2O2/c1-19(2)28-14-13-25(18-28)30-24-12-11-21-15-23(10-9-22(21)16-24)26(29)27(3)17-20-7-5-4-6-8-20/h4-12,15-16,19,25H,13-14,17-18H2,1-3H3. The van der Waals surface area contributed by atoms with E-state index in [0.29, 0.717) is 18.2 Å². The number of carbonyl (C=O) groups is 1. The number of amides is 1. The molecule has 0 saturated carbocycles. The van der Waals surface area contributed by atoms with Crippen molar-refractivity contribution in [1.29, 1.82) is 0 Å². The van der Waals surface area contributed by atoms with Crippen LogP contribution in [0.25, 0.3) is 10.8 Å². The minimum Gasteiger partial charge on any atom is -0.489 e. The van der Waals surface area contributed by atoms with Crippen LogP contribution in [-0.2, 0) is 6.54 Å². The van der Waals surface area contributed by atoms with Crippen LogP contribution >= 0.6 is 0 Å². The van der Waals surface area contributed by atoms with E-state index in [9.17, 15) is 4.79 Å². The molecule has 0 N–H and O–H groups in total. The predicted molar refractivity (Wildman–Crippen MR) is 122 cm³/mol. The third-order valence-corrected chi connectivity index (χ3v) is 5.88. The van der Waals surface area contributed by atoms with E-state index in [0.717, 1.165) is 41.6 Å². The lowest BCUT2D eigenvalue weighted by Crippen LogP contribution is -2.30. The summed E-state index contributed by atoms with van der Waals surface area (Å²) in [6.07, 6.45) is 1.31. The van der Waals surface area contributed by atoms with Crippen molar-refractivity contribution >= 4 is 16.7 Å². The Hall–Kier alpha value is -2.85. The Labute approximate surface area is 179 Å². The molecule has 1 fully saturated rings. The summed E-state index contributed by atoms with van der Waals surface area (Å²) < 4.78 is 6.23. The van der Waals surface area contributed by atoms with E-state index < -0.39 is 0 Å². The van der Waals surface area contributed by atoms with Crippen LogP contribution in [0.4, 0.5) is 0 Å². The van der Waals surface area contributed by atoms with E-state index in [-0.39, 0.29) is 12.0 Å². The van der Waals surface area contributed by atoms with Gasteiger partial charge in [0.05, 0.1) is 0 Å².